The van der Waals surface area contributed by atoms with Crippen LogP contribution < -0.4 is 11.3 Å². The maximum Gasteiger partial charge on any atom is 0.263 e. The van der Waals surface area contributed by atoms with Crippen LogP contribution in [0.25, 0.3) is 33.6 Å². The third-order valence-corrected chi connectivity index (χ3v) is 6.12. The second-order valence-electron chi connectivity index (χ2n) is 8.70. The molecule has 0 aliphatic heterocycles. The van der Waals surface area contributed by atoms with Gasteiger partial charge in [-0.3, -0.25) is 9.36 Å². The number of fused-ring (bicyclic) bond motifs is 2. The Morgan fingerprint density at radius 2 is 1.83 bits per heavy atom. The van der Waals surface area contributed by atoms with Crippen LogP contribution in [0.2, 0.25) is 0 Å². The van der Waals surface area contributed by atoms with Crippen LogP contribution in [0.15, 0.2) is 65.7 Å². The second kappa shape index (κ2) is 8.81. The number of hydrogen-bond acceptors (Lipinski definition) is 6. The van der Waals surface area contributed by atoms with Gasteiger partial charge in [-0.15, -0.1) is 0 Å². The summed E-state index contributed by atoms with van der Waals surface area (Å²) in [6.45, 7) is 5.88. The minimum Gasteiger partial charge on any atom is -0.389 e. The Morgan fingerprint density at radius 1 is 1.06 bits per heavy atom. The van der Waals surface area contributed by atoms with Gasteiger partial charge in [0.05, 0.1) is 34.8 Å². The summed E-state index contributed by atoms with van der Waals surface area (Å²) in [5.74, 6) is 0.303. The number of para-hydroxylation sites is 1. The fourth-order valence-corrected chi connectivity index (χ4v) is 4.45. The van der Waals surface area contributed by atoms with Gasteiger partial charge in [-0.2, -0.15) is 5.10 Å². The molecule has 0 unspecified atom stereocenters. The zero-order valence-corrected chi connectivity index (χ0v) is 19.8. The number of aromatic nitrogens is 5. The Labute approximate surface area is 202 Å². The predicted octanol–water partition coefficient (Wildman–Crippen LogP) is 3.77. The summed E-state index contributed by atoms with van der Waals surface area (Å²) in [6, 6.07) is 15.7. The number of aryl methyl sites for hydroxylation is 2. The molecule has 8 heteroatoms. The molecule has 0 saturated heterocycles. The summed E-state index contributed by atoms with van der Waals surface area (Å²) in [5, 5.41) is 16.6. The van der Waals surface area contributed by atoms with Crippen LogP contribution in [-0.4, -0.2) is 35.5 Å². The van der Waals surface area contributed by atoms with E-state index in [1.165, 1.54) is 6.33 Å². The van der Waals surface area contributed by atoms with Gasteiger partial charge in [0.15, 0.2) is 5.65 Å². The first kappa shape index (κ1) is 22.5. The molecule has 0 radical (unpaired) electrons. The maximum absolute atomic E-state index is 13.9. The van der Waals surface area contributed by atoms with Gasteiger partial charge in [0.2, 0.25) is 0 Å². The fourth-order valence-electron chi connectivity index (χ4n) is 4.45. The van der Waals surface area contributed by atoms with E-state index in [1.807, 2.05) is 62.4 Å². The van der Waals surface area contributed by atoms with Crippen molar-refractivity contribution in [2.24, 2.45) is 0 Å². The van der Waals surface area contributed by atoms with Gasteiger partial charge in [0, 0.05) is 5.69 Å². The van der Waals surface area contributed by atoms with Crippen molar-refractivity contribution in [3.63, 3.8) is 0 Å². The third-order valence-electron chi connectivity index (χ3n) is 6.12. The van der Waals surface area contributed by atoms with Crippen LogP contribution in [0, 0.1) is 13.8 Å². The van der Waals surface area contributed by atoms with E-state index in [9.17, 15) is 9.90 Å². The highest BCUT2D eigenvalue weighted by Gasteiger charge is 2.18. The van der Waals surface area contributed by atoms with Crippen molar-refractivity contribution in [2.45, 2.75) is 33.4 Å². The summed E-state index contributed by atoms with van der Waals surface area (Å²) < 4.78 is 3.48. The molecule has 2 aromatic carbocycles. The maximum atomic E-state index is 13.9. The Bertz CT molecular complexity index is 1660. The monoisotopic (exact) mass is 466 g/mol. The van der Waals surface area contributed by atoms with Gasteiger partial charge in [0.1, 0.15) is 12.1 Å². The molecule has 0 fully saturated rings. The first-order valence-electron chi connectivity index (χ1n) is 11.4. The smallest absolute Gasteiger partial charge is 0.263 e. The van der Waals surface area contributed by atoms with E-state index in [1.54, 1.807) is 28.3 Å². The minimum absolute atomic E-state index is 0.0790. The number of aliphatic hydroxyl groups excluding tert-OH is 1. The van der Waals surface area contributed by atoms with Gasteiger partial charge in [0.25, 0.3) is 5.56 Å². The van der Waals surface area contributed by atoms with E-state index in [2.05, 4.69) is 9.97 Å². The molecular weight excluding hydrogens is 440 g/mol. The van der Waals surface area contributed by atoms with Crippen LogP contribution in [0.5, 0.6) is 0 Å². The number of benzene rings is 2. The van der Waals surface area contributed by atoms with Crippen molar-refractivity contribution < 1.29 is 5.11 Å². The predicted molar refractivity (Wildman–Crippen MR) is 139 cm³/mol. The molecule has 0 aliphatic carbocycles. The van der Waals surface area contributed by atoms with E-state index >= 15 is 0 Å². The highest BCUT2D eigenvalue weighted by Crippen LogP contribution is 2.25. The molecule has 0 bridgehead atoms. The number of nitrogen functional groups attached to an aromatic ring is 1. The fraction of sp³-hybridized carbons (Fsp3) is 0.185. The lowest BCUT2D eigenvalue weighted by molar-refractivity contribution is 0.245. The summed E-state index contributed by atoms with van der Waals surface area (Å²) in [4.78, 5) is 22.4. The Kier molecular flexibility index (Phi) is 5.66. The van der Waals surface area contributed by atoms with Gasteiger partial charge in [-0.1, -0.05) is 42.5 Å². The highest BCUT2D eigenvalue weighted by molar-refractivity contribution is 5.92. The Hall–Kier alpha value is -4.30. The zero-order chi connectivity index (χ0) is 24.7. The van der Waals surface area contributed by atoms with E-state index in [-0.39, 0.29) is 12.1 Å². The SMILES string of the molecule is Cc1ccccc1-n1c(Cn2nc(C=C[C@H](C)O)c3c(N)ncnc32)cc2cccc(C)c2c1=O. The van der Waals surface area contributed by atoms with E-state index in [0.717, 1.165) is 27.9 Å². The number of rotatable bonds is 5. The summed E-state index contributed by atoms with van der Waals surface area (Å²) in [6.07, 6.45) is 4.09. The van der Waals surface area contributed by atoms with Crippen molar-refractivity contribution in [2.75, 3.05) is 5.73 Å². The average molecular weight is 467 g/mol. The summed E-state index contributed by atoms with van der Waals surface area (Å²) in [5.41, 5.74) is 10.7. The Morgan fingerprint density at radius 3 is 2.60 bits per heavy atom. The number of hydrogen-bond donors (Lipinski definition) is 2. The number of anilines is 1. The van der Waals surface area contributed by atoms with Crippen LogP contribution in [0.1, 0.15) is 29.4 Å². The molecule has 5 aromatic rings. The molecule has 0 spiro atoms. The largest absolute Gasteiger partial charge is 0.389 e. The molecule has 5 rings (SSSR count). The third kappa shape index (κ3) is 3.98. The number of nitrogens with two attached hydrogens (primary N) is 1. The lowest BCUT2D eigenvalue weighted by Crippen LogP contribution is -2.25. The standard InChI is InChI=1S/C27H26N6O2/c1-16-7-4-5-10-22(16)33-20(13-19-9-6-8-17(2)23(19)27(33)35)14-32-26-24(25(28)29-15-30-26)21(31-32)12-11-18(3)34/h4-13,15,18,34H,14H2,1-3H3,(H2,28,29,30)/t18-/m0/s1. The molecule has 35 heavy (non-hydrogen) atoms. The average Bonchev–Trinajstić information content (AvgIpc) is 3.17. The van der Waals surface area contributed by atoms with Gasteiger partial charge in [-0.25, -0.2) is 14.6 Å². The van der Waals surface area contributed by atoms with Crippen molar-refractivity contribution in [3.05, 3.63) is 93.8 Å². The molecule has 0 aliphatic rings. The molecule has 3 heterocycles. The summed E-state index contributed by atoms with van der Waals surface area (Å²) >= 11 is 0. The lowest BCUT2D eigenvalue weighted by atomic mass is 10.1. The molecule has 0 amide bonds. The van der Waals surface area contributed by atoms with E-state index in [0.29, 0.717) is 27.9 Å². The Balaban J connectivity index is 1.78. The molecular formula is C27H26N6O2. The quantitative estimate of drug-likeness (QED) is 0.408. The van der Waals surface area contributed by atoms with Crippen molar-refractivity contribution in [1.29, 1.82) is 0 Å². The summed E-state index contributed by atoms with van der Waals surface area (Å²) in [7, 11) is 0. The molecule has 3 aromatic heterocycles. The normalized spacial score (nSPS) is 12.7. The highest BCUT2D eigenvalue weighted by atomic mass is 16.3. The molecule has 1 atom stereocenters. The van der Waals surface area contributed by atoms with E-state index < -0.39 is 6.10 Å². The zero-order valence-electron chi connectivity index (χ0n) is 19.8. The van der Waals surface area contributed by atoms with Gasteiger partial charge >= 0.3 is 0 Å². The molecule has 8 nitrogen and oxygen atoms in total. The lowest BCUT2D eigenvalue weighted by Gasteiger charge is -2.17. The van der Waals surface area contributed by atoms with Crippen molar-refractivity contribution in [3.8, 4) is 5.69 Å². The van der Waals surface area contributed by atoms with Crippen molar-refractivity contribution in [1.82, 2.24) is 24.3 Å². The first-order chi connectivity index (χ1) is 16.8. The first-order valence-corrected chi connectivity index (χ1v) is 11.4. The van der Waals surface area contributed by atoms with Crippen LogP contribution >= 0.6 is 0 Å². The molecule has 0 saturated carbocycles. The number of nitrogens with zero attached hydrogens (tertiary/aromatic N) is 5. The van der Waals surface area contributed by atoms with Gasteiger partial charge in [-0.05, 0) is 55.5 Å². The molecule has 176 valence electrons. The van der Waals surface area contributed by atoms with E-state index in [4.69, 9.17) is 10.8 Å². The number of aliphatic hydroxyl groups is 1. The van der Waals surface area contributed by atoms with Gasteiger partial charge < -0.3 is 10.8 Å². The molecule has 3 N–H and O–H groups in total. The van der Waals surface area contributed by atoms with Crippen molar-refractivity contribution >= 4 is 33.7 Å². The minimum atomic E-state index is -0.643. The topological polar surface area (TPSA) is 112 Å². The second-order valence-corrected chi connectivity index (χ2v) is 8.70. The van der Waals surface area contributed by atoms with Crippen LogP contribution in [0.3, 0.4) is 0 Å². The number of pyridine rings is 1. The van der Waals surface area contributed by atoms with Crippen LogP contribution in [0.4, 0.5) is 5.82 Å². The van der Waals surface area contributed by atoms with Crippen LogP contribution in [-0.2, 0) is 6.54 Å².